The van der Waals surface area contributed by atoms with Crippen LogP contribution in [0.25, 0.3) is 0 Å². The molecule has 5 heteroatoms. The van der Waals surface area contributed by atoms with Crippen LogP contribution in [0.5, 0.6) is 0 Å². The highest BCUT2D eigenvalue weighted by atomic mass is 35.5. The Bertz CT molecular complexity index is 291. The maximum atomic E-state index is 5.86. The summed E-state index contributed by atoms with van der Waals surface area (Å²) in [4.78, 5) is 0. The van der Waals surface area contributed by atoms with Gasteiger partial charge in [-0.1, -0.05) is 39.3 Å². The fourth-order valence-corrected chi connectivity index (χ4v) is 2.42. The van der Waals surface area contributed by atoms with Gasteiger partial charge in [0.15, 0.2) is 11.0 Å². The molecule has 0 fully saturated rings. The smallest absolute Gasteiger partial charge is 0.186 e. The highest BCUT2D eigenvalue weighted by molar-refractivity contribution is 6.99. The first-order valence-corrected chi connectivity index (χ1v) is 6.35. The van der Waals surface area contributed by atoms with E-state index >= 15 is 0 Å². The summed E-state index contributed by atoms with van der Waals surface area (Å²) in [7, 11) is 0. The molecule has 15 heavy (non-hydrogen) atoms. The Morgan fingerprint density at radius 3 is 2.20 bits per heavy atom. The molecule has 0 radical (unpaired) electrons. The fourth-order valence-electron chi connectivity index (χ4n) is 1.74. The molecule has 0 amide bonds. The molecule has 0 saturated heterocycles. The van der Waals surface area contributed by atoms with Crippen LogP contribution in [0.2, 0.25) is 5.15 Å². The molecule has 0 aliphatic rings. The summed E-state index contributed by atoms with van der Waals surface area (Å²) in [5.41, 5.74) is 0. The van der Waals surface area contributed by atoms with Gasteiger partial charge in [0.25, 0.3) is 0 Å². The fraction of sp³-hybridized carbons (Fsp3) is 0.800. The van der Waals surface area contributed by atoms with Crippen LogP contribution in [0.4, 0.5) is 5.82 Å². The van der Waals surface area contributed by atoms with Crippen LogP contribution in [0.1, 0.15) is 27.7 Å². The molecule has 1 aromatic heterocycles. The summed E-state index contributed by atoms with van der Waals surface area (Å²) in [6.07, 6.45) is 0. The summed E-state index contributed by atoms with van der Waals surface area (Å²) < 4.78 is 8.01. The lowest BCUT2D eigenvalue weighted by atomic mass is 9.85. The van der Waals surface area contributed by atoms with Gasteiger partial charge in [-0.05, 0) is 17.8 Å². The van der Waals surface area contributed by atoms with Gasteiger partial charge in [-0.2, -0.15) is 8.75 Å². The quantitative estimate of drug-likeness (QED) is 0.865. The van der Waals surface area contributed by atoms with E-state index in [1.54, 1.807) is 0 Å². The summed E-state index contributed by atoms with van der Waals surface area (Å²) in [6, 6.07) is 0. The molecule has 3 nitrogen and oxygen atoms in total. The van der Waals surface area contributed by atoms with Gasteiger partial charge in [-0.3, -0.25) is 0 Å². The van der Waals surface area contributed by atoms with E-state index in [-0.39, 0.29) is 0 Å². The predicted molar refractivity (Wildman–Crippen MR) is 66.6 cm³/mol. The second-order valence-electron chi connectivity index (χ2n) is 4.44. The van der Waals surface area contributed by atoms with E-state index in [9.17, 15) is 0 Å². The van der Waals surface area contributed by atoms with Crippen molar-refractivity contribution in [1.29, 1.82) is 0 Å². The lowest BCUT2D eigenvalue weighted by molar-refractivity contribution is 0.304. The first kappa shape index (κ1) is 12.7. The summed E-state index contributed by atoms with van der Waals surface area (Å²) in [5, 5.41) is 3.74. The molecule has 0 aliphatic carbocycles. The second-order valence-corrected chi connectivity index (χ2v) is 5.32. The van der Waals surface area contributed by atoms with Crippen LogP contribution < -0.4 is 5.32 Å². The largest absolute Gasteiger partial charge is 0.366 e. The first-order chi connectivity index (χ1) is 7.02. The SMILES string of the molecule is CC(C)C(CNc1nsnc1Cl)C(C)C. The Kier molecular flexibility index (Phi) is 4.80. The van der Waals surface area contributed by atoms with Gasteiger partial charge in [-0.25, -0.2) is 0 Å². The Hall–Kier alpha value is -0.350. The van der Waals surface area contributed by atoms with Crippen LogP contribution in [0, 0.1) is 17.8 Å². The van der Waals surface area contributed by atoms with Crippen molar-refractivity contribution >= 4 is 29.1 Å². The first-order valence-electron chi connectivity index (χ1n) is 5.24. The molecule has 86 valence electrons. The van der Waals surface area contributed by atoms with Gasteiger partial charge in [0, 0.05) is 6.54 Å². The van der Waals surface area contributed by atoms with Crippen LogP contribution in [0.3, 0.4) is 0 Å². The lowest BCUT2D eigenvalue weighted by Gasteiger charge is -2.24. The number of aromatic nitrogens is 2. The van der Waals surface area contributed by atoms with Gasteiger partial charge in [0.1, 0.15) is 0 Å². The molecule has 0 unspecified atom stereocenters. The minimum atomic E-state index is 0.478. The van der Waals surface area contributed by atoms with E-state index in [0.717, 1.165) is 18.3 Å². The minimum Gasteiger partial charge on any atom is -0.366 e. The van der Waals surface area contributed by atoms with Crippen molar-refractivity contribution in [2.24, 2.45) is 17.8 Å². The van der Waals surface area contributed by atoms with Gasteiger partial charge < -0.3 is 5.32 Å². The average molecular weight is 248 g/mol. The maximum Gasteiger partial charge on any atom is 0.186 e. The number of anilines is 1. The molecule has 0 saturated carbocycles. The molecule has 0 bridgehead atoms. The van der Waals surface area contributed by atoms with Gasteiger partial charge in [0.2, 0.25) is 0 Å². The molecule has 1 heterocycles. The number of hydrogen-bond acceptors (Lipinski definition) is 4. The van der Waals surface area contributed by atoms with Crippen molar-refractivity contribution in [2.75, 3.05) is 11.9 Å². The molecule has 0 spiro atoms. The van der Waals surface area contributed by atoms with E-state index in [0.29, 0.717) is 28.7 Å². The Morgan fingerprint density at radius 1 is 1.20 bits per heavy atom. The number of nitrogens with zero attached hydrogens (tertiary/aromatic N) is 2. The zero-order valence-corrected chi connectivity index (χ0v) is 11.2. The molecule has 1 N–H and O–H groups in total. The molecule has 0 aliphatic heterocycles. The van der Waals surface area contributed by atoms with Crippen molar-refractivity contribution in [1.82, 2.24) is 8.75 Å². The number of rotatable bonds is 5. The average Bonchev–Trinajstić information content (AvgIpc) is 2.51. The molecular weight excluding hydrogens is 230 g/mol. The van der Waals surface area contributed by atoms with Gasteiger partial charge in [0.05, 0.1) is 11.7 Å². The number of hydrogen-bond donors (Lipinski definition) is 1. The van der Waals surface area contributed by atoms with Gasteiger partial charge in [-0.15, -0.1) is 0 Å². The lowest BCUT2D eigenvalue weighted by Crippen LogP contribution is -2.24. The zero-order valence-electron chi connectivity index (χ0n) is 9.62. The van der Waals surface area contributed by atoms with E-state index in [1.807, 2.05) is 0 Å². The normalized spacial score (nSPS) is 11.7. The van der Waals surface area contributed by atoms with Crippen molar-refractivity contribution in [2.45, 2.75) is 27.7 Å². The third-order valence-electron chi connectivity index (χ3n) is 2.67. The summed E-state index contributed by atoms with van der Waals surface area (Å²) in [6.45, 7) is 9.88. The summed E-state index contributed by atoms with van der Waals surface area (Å²) >= 11 is 7.00. The molecular formula is C10H18ClN3S. The number of nitrogens with one attached hydrogen (secondary N) is 1. The van der Waals surface area contributed by atoms with Crippen molar-refractivity contribution in [3.05, 3.63) is 5.15 Å². The highest BCUT2D eigenvalue weighted by Gasteiger charge is 2.18. The maximum absolute atomic E-state index is 5.86. The third kappa shape index (κ3) is 3.61. The van der Waals surface area contributed by atoms with E-state index in [4.69, 9.17) is 11.6 Å². The minimum absolute atomic E-state index is 0.478. The van der Waals surface area contributed by atoms with Gasteiger partial charge >= 0.3 is 0 Å². The Balaban J connectivity index is 2.51. The monoisotopic (exact) mass is 247 g/mol. The zero-order chi connectivity index (χ0) is 11.4. The number of halogens is 1. The van der Waals surface area contributed by atoms with Crippen LogP contribution in [0.15, 0.2) is 0 Å². The van der Waals surface area contributed by atoms with Crippen LogP contribution in [-0.4, -0.2) is 15.3 Å². The van der Waals surface area contributed by atoms with E-state index < -0.39 is 0 Å². The second kappa shape index (κ2) is 5.66. The summed E-state index contributed by atoms with van der Waals surface area (Å²) in [5.74, 6) is 2.65. The van der Waals surface area contributed by atoms with E-state index in [2.05, 4.69) is 41.8 Å². The van der Waals surface area contributed by atoms with Crippen LogP contribution >= 0.6 is 23.3 Å². The molecule has 1 aromatic rings. The Labute approximate surface area is 101 Å². The Morgan fingerprint density at radius 2 is 1.80 bits per heavy atom. The molecule has 1 rings (SSSR count). The highest BCUT2D eigenvalue weighted by Crippen LogP contribution is 2.23. The van der Waals surface area contributed by atoms with E-state index in [1.165, 1.54) is 0 Å². The molecule has 0 atom stereocenters. The predicted octanol–water partition coefficient (Wildman–Crippen LogP) is 3.53. The third-order valence-corrected chi connectivity index (χ3v) is 3.56. The van der Waals surface area contributed by atoms with Crippen molar-refractivity contribution in [3.63, 3.8) is 0 Å². The van der Waals surface area contributed by atoms with Crippen molar-refractivity contribution in [3.8, 4) is 0 Å². The van der Waals surface area contributed by atoms with Crippen molar-refractivity contribution < 1.29 is 0 Å². The standard InChI is InChI=1S/C10H18ClN3S/c1-6(2)8(7(3)4)5-12-10-9(11)13-15-14-10/h6-8H,5H2,1-4H3,(H,12,14). The van der Waals surface area contributed by atoms with Crippen LogP contribution in [-0.2, 0) is 0 Å². The topological polar surface area (TPSA) is 37.8 Å². The molecule has 0 aromatic carbocycles.